The van der Waals surface area contributed by atoms with Crippen molar-refractivity contribution in [2.24, 2.45) is 0 Å². The number of amides is 1. The first kappa shape index (κ1) is 16.6. The van der Waals surface area contributed by atoms with Gasteiger partial charge in [0.25, 0.3) is 0 Å². The Morgan fingerprint density at radius 1 is 1.00 bits per heavy atom. The monoisotopic (exact) mass is 346 g/mol. The second kappa shape index (κ2) is 7.58. The Hall–Kier alpha value is -2.85. The zero-order valence-electron chi connectivity index (χ0n) is 14.7. The first-order valence-corrected chi connectivity index (χ1v) is 9.00. The largest absolute Gasteiger partial charge is 0.492 e. The third-order valence-electron chi connectivity index (χ3n) is 4.75. The van der Waals surface area contributed by atoms with Crippen molar-refractivity contribution in [3.05, 3.63) is 72.3 Å². The number of benzene rings is 3. The van der Waals surface area contributed by atoms with E-state index in [1.807, 2.05) is 48.5 Å². The minimum atomic E-state index is 0.0415. The zero-order valence-corrected chi connectivity index (χ0v) is 14.7. The summed E-state index contributed by atoms with van der Waals surface area (Å²) in [7, 11) is 0. The second-order valence-electron chi connectivity index (χ2n) is 6.56. The molecule has 1 aliphatic rings. The summed E-state index contributed by atoms with van der Waals surface area (Å²) < 4.78 is 5.79. The van der Waals surface area contributed by atoms with Gasteiger partial charge in [-0.15, -0.1) is 0 Å². The Kier molecular flexibility index (Phi) is 4.84. The van der Waals surface area contributed by atoms with Crippen LogP contribution in [0.5, 0.6) is 5.75 Å². The maximum absolute atomic E-state index is 12.5. The number of ether oxygens (including phenoxy) is 1. The van der Waals surface area contributed by atoms with Gasteiger partial charge in [0.2, 0.25) is 5.91 Å². The standard InChI is InChI=1S/C22H22N2O2/c25-22(23-20-10-5-8-17-6-1-3-9-19(17)20)12-13-24-14-15-26-21-11-4-2-7-18(21)16-24/h1-11H,12-16H2,(H,23,25). The summed E-state index contributed by atoms with van der Waals surface area (Å²) in [6.45, 7) is 3.02. The number of para-hydroxylation sites is 1. The van der Waals surface area contributed by atoms with Crippen molar-refractivity contribution in [3.8, 4) is 5.75 Å². The highest BCUT2D eigenvalue weighted by molar-refractivity contribution is 6.02. The number of nitrogens with one attached hydrogen (secondary N) is 1. The van der Waals surface area contributed by atoms with Gasteiger partial charge in [-0.05, 0) is 17.5 Å². The van der Waals surface area contributed by atoms with E-state index in [0.717, 1.165) is 35.3 Å². The number of anilines is 1. The summed E-state index contributed by atoms with van der Waals surface area (Å²) in [4.78, 5) is 14.7. The molecule has 1 amide bonds. The summed E-state index contributed by atoms with van der Waals surface area (Å²) in [5.41, 5.74) is 2.05. The predicted octanol–water partition coefficient (Wildman–Crippen LogP) is 4.06. The van der Waals surface area contributed by atoms with E-state index in [1.54, 1.807) is 0 Å². The summed E-state index contributed by atoms with van der Waals surface area (Å²) in [5, 5.41) is 5.26. The minimum absolute atomic E-state index is 0.0415. The Morgan fingerprint density at radius 2 is 1.81 bits per heavy atom. The van der Waals surface area contributed by atoms with Crippen LogP contribution in [0.3, 0.4) is 0 Å². The summed E-state index contributed by atoms with van der Waals surface area (Å²) in [6.07, 6.45) is 0.464. The molecule has 0 saturated carbocycles. The van der Waals surface area contributed by atoms with E-state index >= 15 is 0 Å². The molecule has 0 unspecified atom stereocenters. The molecule has 1 N–H and O–H groups in total. The number of hydrogen-bond donors (Lipinski definition) is 1. The molecule has 0 aromatic heterocycles. The van der Waals surface area contributed by atoms with Crippen LogP contribution in [0.25, 0.3) is 10.8 Å². The van der Waals surface area contributed by atoms with Crippen molar-refractivity contribution in [2.75, 3.05) is 25.0 Å². The van der Waals surface area contributed by atoms with Gasteiger partial charge in [-0.25, -0.2) is 0 Å². The number of hydrogen-bond acceptors (Lipinski definition) is 3. The lowest BCUT2D eigenvalue weighted by molar-refractivity contribution is -0.116. The fraction of sp³-hybridized carbons (Fsp3) is 0.227. The average Bonchev–Trinajstić information content (AvgIpc) is 2.88. The molecular formula is C22H22N2O2. The Labute approximate surface area is 153 Å². The second-order valence-corrected chi connectivity index (χ2v) is 6.56. The highest BCUT2D eigenvalue weighted by Gasteiger charge is 2.16. The quantitative estimate of drug-likeness (QED) is 0.774. The number of nitrogens with zero attached hydrogens (tertiary/aromatic N) is 1. The van der Waals surface area contributed by atoms with Crippen LogP contribution in [0.4, 0.5) is 5.69 Å². The average molecular weight is 346 g/mol. The fourth-order valence-corrected chi connectivity index (χ4v) is 3.38. The van der Waals surface area contributed by atoms with Crippen LogP contribution in [0, 0.1) is 0 Å². The molecule has 1 heterocycles. The molecule has 1 aliphatic heterocycles. The van der Waals surface area contributed by atoms with Crippen molar-refractivity contribution in [2.45, 2.75) is 13.0 Å². The molecule has 3 aromatic carbocycles. The van der Waals surface area contributed by atoms with Crippen molar-refractivity contribution < 1.29 is 9.53 Å². The van der Waals surface area contributed by atoms with Crippen LogP contribution in [0.2, 0.25) is 0 Å². The molecule has 4 nitrogen and oxygen atoms in total. The molecule has 0 saturated heterocycles. The maximum atomic E-state index is 12.5. The predicted molar refractivity (Wildman–Crippen MR) is 104 cm³/mol. The van der Waals surface area contributed by atoms with Crippen LogP contribution in [-0.4, -0.2) is 30.5 Å². The third-order valence-corrected chi connectivity index (χ3v) is 4.75. The van der Waals surface area contributed by atoms with Crippen LogP contribution < -0.4 is 10.1 Å². The fourth-order valence-electron chi connectivity index (χ4n) is 3.38. The molecule has 132 valence electrons. The van der Waals surface area contributed by atoms with Crippen LogP contribution in [-0.2, 0) is 11.3 Å². The Bertz CT molecular complexity index is 917. The molecular weight excluding hydrogens is 324 g/mol. The van der Waals surface area contributed by atoms with Gasteiger partial charge in [0, 0.05) is 42.7 Å². The maximum Gasteiger partial charge on any atom is 0.225 e. The zero-order chi connectivity index (χ0) is 17.8. The molecule has 4 heteroatoms. The minimum Gasteiger partial charge on any atom is -0.492 e. The van der Waals surface area contributed by atoms with Crippen LogP contribution in [0.1, 0.15) is 12.0 Å². The highest BCUT2D eigenvalue weighted by atomic mass is 16.5. The van der Waals surface area contributed by atoms with Gasteiger partial charge in [0.05, 0.1) is 0 Å². The van der Waals surface area contributed by atoms with E-state index in [0.29, 0.717) is 19.6 Å². The highest BCUT2D eigenvalue weighted by Crippen LogP contribution is 2.24. The van der Waals surface area contributed by atoms with E-state index in [4.69, 9.17) is 4.74 Å². The van der Waals surface area contributed by atoms with Gasteiger partial charge in [-0.3, -0.25) is 9.69 Å². The SMILES string of the molecule is O=C(CCN1CCOc2ccccc2C1)Nc1cccc2ccccc12. The van der Waals surface area contributed by atoms with Gasteiger partial charge >= 0.3 is 0 Å². The number of carbonyl (C=O) groups excluding carboxylic acids is 1. The molecule has 4 rings (SSSR count). The number of rotatable bonds is 4. The van der Waals surface area contributed by atoms with Crippen molar-refractivity contribution in [3.63, 3.8) is 0 Å². The van der Waals surface area contributed by atoms with E-state index in [1.165, 1.54) is 5.56 Å². The molecule has 3 aromatic rings. The van der Waals surface area contributed by atoms with Gasteiger partial charge < -0.3 is 10.1 Å². The number of fused-ring (bicyclic) bond motifs is 2. The van der Waals surface area contributed by atoms with Gasteiger partial charge in [0.15, 0.2) is 0 Å². The lowest BCUT2D eigenvalue weighted by Crippen LogP contribution is -2.29. The lowest BCUT2D eigenvalue weighted by Gasteiger charge is -2.19. The molecule has 0 radical (unpaired) electrons. The van der Waals surface area contributed by atoms with Crippen molar-refractivity contribution in [1.29, 1.82) is 0 Å². The van der Waals surface area contributed by atoms with E-state index in [2.05, 4.69) is 28.4 Å². The molecule has 26 heavy (non-hydrogen) atoms. The van der Waals surface area contributed by atoms with Gasteiger partial charge in [-0.2, -0.15) is 0 Å². The smallest absolute Gasteiger partial charge is 0.225 e. The topological polar surface area (TPSA) is 41.6 Å². The van der Waals surface area contributed by atoms with Gasteiger partial charge in [0.1, 0.15) is 12.4 Å². The van der Waals surface area contributed by atoms with E-state index in [9.17, 15) is 4.79 Å². The summed E-state index contributed by atoms with van der Waals surface area (Å²) >= 11 is 0. The normalized spacial score (nSPS) is 14.3. The van der Waals surface area contributed by atoms with Crippen LogP contribution in [0.15, 0.2) is 66.7 Å². The first-order valence-electron chi connectivity index (χ1n) is 9.00. The number of carbonyl (C=O) groups is 1. The molecule has 0 bridgehead atoms. The van der Waals surface area contributed by atoms with Gasteiger partial charge in [-0.1, -0.05) is 54.6 Å². The van der Waals surface area contributed by atoms with Crippen molar-refractivity contribution >= 4 is 22.4 Å². The lowest BCUT2D eigenvalue weighted by atomic mass is 10.1. The molecule has 0 fully saturated rings. The van der Waals surface area contributed by atoms with E-state index in [-0.39, 0.29) is 5.91 Å². The molecule has 0 spiro atoms. The Morgan fingerprint density at radius 3 is 2.77 bits per heavy atom. The van der Waals surface area contributed by atoms with Crippen LogP contribution >= 0.6 is 0 Å². The Balaban J connectivity index is 1.38. The molecule has 0 atom stereocenters. The van der Waals surface area contributed by atoms with E-state index < -0.39 is 0 Å². The summed E-state index contributed by atoms with van der Waals surface area (Å²) in [5.74, 6) is 0.995. The molecule has 0 aliphatic carbocycles. The van der Waals surface area contributed by atoms with Crippen molar-refractivity contribution in [1.82, 2.24) is 4.90 Å². The first-order chi connectivity index (χ1) is 12.8. The summed E-state index contributed by atoms with van der Waals surface area (Å²) in [6, 6.07) is 22.2. The third kappa shape index (κ3) is 3.70.